The van der Waals surface area contributed by atoms with E-state index in [9.17, 15) is 9.90 Å². The third-order valence-electron chi connectivity index (χ3n) is 4.92. The van der Waals surface area contributed by atoms with Gasteiger partial charge in [0, 0.05) is 42.8 Å². The number of halogens is 2. The van der Waals surface area contributed by atoms with Gasteiger partial charge in [-0.3, -0.25) is 9.69 Å². The molecule has 0 aromatic heterocycles. The number of hydrogen-bond acceptors (Lipinski definition) is 4. The normalized spacial score (nSPS) is 16.2. The second-order valence-corrected chi connectivity index (χ2v) is 9.30. The van der Waals surface area contributed by atoms with E-state index in [-0.39, 0.29) is 17.3 Å². The first-order chi connectivity index (χ1) is 13.9. The monoisotopic (exact) mass is 452 g/mol. The first kappa shape index (κ1) is 22.4. The fourth-order valence-corrected chi connectivity index (χ4v) is 5.09. The molecule has 0 radical (unpaired) electrons. The molecule has 0 bridgehead atoms. The summed E-state index contributed by atoms with van der Waals surface area (Å²) in [5.74, 6) is 0.529. The Morgan fingerprint density at radius 3 is 2.07 bits per heavy atom. The number of hydrogen-bond donors (Lipinski definition) is 1. The zero-order valence-corrected chi connectivity index (χ0v) is 18.8. The van der Waals surface area contributed by atoms with E-state index in [0.717, 1.165) is 24.2 Å². The minimum atomic E-state index is -0.344. The fraction of sp³-hybridized carbons (Fsp3) is 0.409. The van der Waals surface area contributed by atoms with Crippen molar-refractivity contribution in [2.45, 2.75) is 18.3 Å². The molecular weight excluding hydrogens is 427 g/mol. The molecule has 1 aliphatic heterocycles. The Morgan fingerprint density at radius 1 is 1.03 bits per heavy atom. The van der Waals surface area contributed by atoms with Crippen LogP contribution in [0.5, 0.6) is 0 Å². The van der Waals surface area contributed by atoms with E-state index < -0.39 is 0 Å². The third-order valence-corrected chi connectivity index (χ3v) is 6.69. The summed E-state index contributed by atoms with van der Waals surface area (Å²) in [5.41, 5.74) is 2.11. The topological polar surface area (TPSA) is 43.8 Å². The summed E-state index contributed by atoms with van der Waals surface area (Å²) in [6.45, 7) is 5.44. The molecule has 3 rings (SSSR count). The number of rotatable bonds is 7. The highest BCUT2D eigenvalue weighted by Crippen LogP contribution is 2.37. The van der Waals surface area contributed by atoms with Crippen molar-refractivity contribution in [3.8, 4) is 0 Å². The van der Waals surface area contributed by atoms with Crippen LogP contribution in [0.2, 0.25) is 10.0 Å². The Morgan fingerprint density at radius 2 is 1.59 bits per heavy atom. The molecule has 29 heavy (non-hydrogen) atoms. The highest BCUT2D eigenvalue weighted by atomic mass is 35.5. The number of carbonyl (C=O) groups excluding carboxylic acids is 1. The highest BCUT2D eigenvalue weighted by Gasteiger charge is 2.24. The minimum Gasteiger partial charge on any atom is -0.392 e. The van der Waals surface area contributed by atoms with Crippen LogP contribution in [0.25, 0.3) is 0 Å². The zero-order chi connectivity index (χ0) is 20.8. The van der Waals surface area contributed by atoms with Gasteiger partial charge in [-0.25, -0.2) is 0 Å². The summed E-state index contributed by atoms with van der Waals surface area (Å²) in [6.07, 6.45) is -0.344. The van der Waals surface area contributed by atoms with Crippen LogP contribution in [0.1, 0.15) is 23.3 Å². The van der Waals surface area contributed by atoms with Gasteiger partial charge in [-0.1, -0.05) is 47.5 Å². The maximum absolute atomic E-state index is 12.8. The largest absolute Gasteiger partial charge is 0.392 e. The van der Waals surface area contributed by atoms with Crippen molar-refractivity contribution < 1.29 is 9.90 Å². The van der Waals surface area contributed by atoms with E-state index >= 15 is 0 Å². The van der Waals surface area contributed by atoms with E-state index in [0.29, 0.717) is 35.4 Å². The van der Waals surface area contributed by atoms with Crippen molar-refractivity contribution in [3.63, 3.8) is 0 Å². The molecule has 2 aromatic carbocycles. The van der Waals surface area contributed by atoms with Crippen molar-refractivity contribution in [3.05, 3.63) is 69.7 Å². The van der Waals surface area contributed by atoms with E-state index in [1.165, 1.54) is 0 Å². The first-order valence-corrected chi connectivity index (χ1v) is 11.5. The number of thioether (sulfide) groups is 1. The number of β-amino-alcohol motifs (C(OH)–C–C–N with tert-alkyl or cyclic N) is 1. The average Bonchev–Trinajstić information content (AvgIpc) is 2.68. The molecule has 1 amide bonds. The summed E-state index contributed by atoms with van der Waals surface area (Å²) in [7, 11) is 0. The molecule has 1 unspecified atom stereocenters. The Labute approximate surface area is 186 Å². The van der Waals surface area contributed by atoms with Crippen molar-refractivity contribution in [1.29, 1.82) is 0 Å². The Hall–Kier alpha value is -1.24. The lowest BCUT2D eigenvalue weighted by atomic mass is 10.0. The summed E-state index contributed by atoms with van der Waals surface area (Å²) in [5, 5.41) is 10.9. The van der Waals surface area contributed by atoms with Crippen molar-refractivity contribution >= 4 is 40.9 Å². The van der Waals surface area contributed by atoms with Crippen molar-refractivity contribution in [1.82, 2.24) is 9.80 Å². The van der Waals surface area contributed by atoms with Gasteiger partial charge in [0.2, 0.25) is 5.91 Å². The highest BCUT2D eigenvalue weighted by molar-refractivity contribution is 8.00. The van der Waals surface area contributed by atoms with E-state index in [1.54, 1.807) is 18.7 Å². The number of carbonyl (C=O) groups is 1. The van der Waals surface area contributed by atoms with E-state index in [2.05, 4.69) is 4.90 Å². The summed E-state index contributed by atoms with van der Waals surface area (Å²) < 4.78 is 0. The molecule has 1 saturated heterocycles. The second kappa shape index (κ2) is 10.7. The number of amides is 1. The van der Waals surface area contributed by atoms with Gasteiger partial charge in [0.25, 0.3) is 0 Å². The molecule has 1 atom stereocenters. The van der Waals surface area contributed by atoms with Crippen LogP contribution < -0.4 is 0 Å². The molecule has 156 valence electrons. The number of piperazine rings is 1. The number of aliphatic hydroxyl groups is 1. The standard InChI is InChI=1S/C22H26Cl2N2O2S/c1-16(27)14-25-8-10-26(11-9-25)21(28)15-29-22(17-4-2-6-19(23)12-17)18-5-3-7-20(24)13-18/h2-7,12-13,16,22,27H,8-11,14-15H2,1H3. The lowest BCUT2D eigenvalue weighted by Crippen LogP contribution is -2.50. The van der Waals surface area contributed by atoms with Gasteiger partial charge in [0.05, 0.1) is 17.1 Å². The summed E-state index contributed by atoms with van der Waals surface area (Å²) in [4.78, 5) is 16.9. The molecule has 1 aliphatic rings. The smallest absolute Gasteiger partial charge is 0.232 e. The zero-order valence-electron chi connectivity index (χ0n) is 16.4. The minimum absolute atomic E-state index is 0.0205. The molecule has 0 spiro atoms. The molecule has 7 heteroatoms. The van der Waals surface area contributed by atoms with Crippen LogP contribution in [0.3, 0.4) is 0 Å². The summed E-state index contributed by atoms with van der Waals surface area (Å²) >= 11 is 14.0. The van der Waals surface area contributed by atoms with E-state index in [4.69, 9.17) is 23.2 Å². The molecular formula is C22H26Cl2N2O2S. The number of nitrogens with zero attached hydrogens (tertiary/aromatic N) is 2. The van der Waals surface area contributed by atoms with E-state index in [1.807, 2.05) is 53.4 Å². The van der Waals surface area contributed by atoms with Crippen LogP contribution in [0, 0.1) is 0 Å². The van der Waals surface area contributed by atoms with Gasteiger partial charge in [0.1, 0.15) is 0 Å². The maximum Gasteiger partial charge on any atom is 0.232 e. The number of aliphatic hydroxyl groups excluding tert-OH is 1. The fourth-order valence-electron chi connectivity index (χ4n) is 3.52. The average molecular weight is 453 g/mol. The lowest BCUT2D eigenvalue weighted by Gasteiger charge is -2.35. The third kappa shape index (κ3) is 6.63. The van der Waals surface area contributed by atoms with Gasteiger partial charge < -0.3 is 10.0 Å². The van der Waals surface area contributed by atoms with Gasteiger partial charge >= 0.3 is 0 Å². The van der Waals surface area contributed by atoms with Gasteiger partial charge in [-0.05, 0) is 42.3 Å². The van der Waals surface area contributed by atoms with Crippen LogP contribution in [-0.4, -0.2) is 65.4 Å². The Kier molecular flexibility index (Phi) is 8.27. The van der Waals surface area contributed by atoms with Crippen LogP contribution in [0.15, 0.2) is 48.5 Å². The first-order valence-electron chi connectivity index (χ1n) is 9.73. The van der Waals surface area contributed by atoms with Crippen molar-refractivity contribution in [2.75, 3.05) is 38.5 Å². The SMILES string of the molecule is CC(O)CN1CCN(C(=O)CSC(c2cccc(Cl)c2)c2cccc(Cl)c2)CC1. The predicted octanol–water partition coefficient (Wildman–Crippen LogP) is 4.34. The van der Waals surface area contributed by atoms with Gasteiger partial charge in [-0.2, -0.15) is 0 Å². The Bertz CT molecular complexity index is 780. The summed E-state index contributed by atoms with van der Waals surface area (Å²) in [6, 6.07) is 15.5. The molecule has 2 aromatic rings. The lowest BCUT2D eigenvalue weighted by molar-refractivity contribution is -0.130. The molecule has 4 nitrogen and oxygen atoms in total. The molecule has 0 saturated carbocycles. The van der Waals surface area contributed by atoms with Gasteiger partial charge in [-0.15, -0.1) is 11.8 Å². The van der Waals surface area contributed by atoms with Crippen LogP contribution >= 0.6 is 35.0 Å². The molecule has 1 fully saturated rings. The molecule has 1 N–H and O–H groups in total. The van der Waals surface area contributed by atoms with Crippen LogP contribution in [-0.2, 0) is 4.79 Å². The predicted molar refractivity (Wildman–Crippen MR) is 122 cm³/mol. The molecule has 0 aliphatic carbocycles. The number of benzene rings is 2. The maximum atomic E-state index is 12.8. The second-order valence-electron chi connectivity index (χ2n) is 7.33. The Balaban J connectivity index is 1.65. The van der Waals surface area contributed by atoms with Crippen LogP contribution in [0.4, 0.5) is 0 Å². The molecule has 1 heterocycles. The quantitative estimate of drug-likeness (QED) is 0.678. The van der Waals surface area contributed by atoms with Gasteiger partial charge in [0.15, 0.2) is 0 Å². The van der Waals surface area contributed by atoms with Crippen molar-refractivity contribution in [2.24, 2.45) is 0 Å².